The van der Waals surface area contributed by atoms with Crippen LogP contribution in [0.2, 0.25) is 5.02 Å². The van der Waals surface area contributed by atoms with Gasteiger partial charge < -0.3 is 5.11 Å². The van der Waals surface area contributed by atoms with Crippen molar-refractivity contribution in [1.29, 1.82) is 0 Å². The van der Waals surface area contributed by atoms with E-state index in [1.807, 2.05) is 0 Å². The van der Waals surface area contributed by atoms with Crippen LogP contribution in [0.15, 0.2) is 42.5 Å². The van der Waals surface area contributed by atoms with E-state index < -0.39 is 16.7 Å². The third-order valence-electron chi connectivity index (χ3n) is 2.83. The predicted molar refractivity (Wildman–Crippen MR) is 81.1 cm³/mol. The van der Waals surface area contributed by atoms with Crippen molar-refractivity contribution < 1.29 is 19.6 Å². The van der Waals surface area contributed by atoms with Crippen molar-refractivity contribution in [3.8, 4) is 5.75 Å². The highest BCUT2D eigenvalue weighted by molar-refractivity contribution is 6.31. The van der Waals surface area contributed by atoms with Crippen LogP contribution in [0.5, 0.6) is 5.75 Å². The van der Waals surface area contributed by atoms with Crippen molar-refractivity contribution in [2.24, 2.45) is 0 Å². The molecule has 2 aromatic rings. The first-order valence-electron chi connectivity index (χ1n) is 6.22. The number of hydrazine groups is 1. The summed E-state index contributed by atoms with van der Waals surface area (Å²) >= 11 is 5.73. The van der Waals surface area contributed by atoms with Gasteiger partial charge in [0, 0.05) is 22.7 Å². The van der Waals surface area contributed by atoms with E-state index in [1.165, 1.54) is 42.5 Å². The molecule has 0 bridgehead atoms. The summed E-state index contributed by atoms with van der Waals surface area (Å²) in [4.78, 5) is 33.6. The highest BCUT2D eigenvalue weighted by Gasteiger charge is 2.14. The number of nitro benzene ring substituents is 1. The maximum atomic E-state index is 11.9. The molecule has 0 atom stereocenters. The number of hydrogen-bond donors (Lipinski definition) is 3. The van der Waals surface area contributed by atoms with E-state index in [1.54, 1.807) is 0 Å². The van der Waals surface area contributed by atoms with Gasteiger partial charge in [-0.05, 0) is 30.3 Å². The van der Waals surface area contributed by atoms with E-state index in [0.29, 0.717) is 0 Å². The number of phenols is 1. The Kier molecular flexibility index (Phi) is 4.77. The zero-order valence-electron chi connectivity index (χ0n) is 11.4. The number of benzene rings is 2. The van der Waals surface area contributed by atoms with Gasteiger partial charge in [-0.2, -0.15) is 0 Å². The molecule has 2 rings (SSSR count). The van der Waals surface area contributed by atoms with Gasteiger partial charge in [0.05, 0.1) is 10.5 Å². The molecule has 2 amide bonds. The monoisotopic (exact) mass is 335 g/mol. The Morgan fingerprint density at radius 1 is 1.04 bits per heavy atom. The lowest BCUT2D eigenvalue weighted by Gasteiger charge is -2.08. The maximum absolute atomic E-state index is 11.9. The molecule has 0 aliphatic carbocycles. The number of rotatable bonds is 3. The van der Waals surface area contributed by atoms with Crippen LogP contribution in [0.25, 0.3) is 0 Å². The Balaban J connectivity index is 2.02. The molecule has 9 heteroatoms. The van der Waals surface area contributed by atoms with Crippen LogP contribution in [-0.2, 0) is 0 Å². The molecule has 2 aromatic carbocycles. The van der Waals surface area contributed by atoms with Gasteiger partial charge in [0.1, 0.15) is 5.75 Å². The summed E-state index contributed by atoms with van der Waals surface area (Å²) in [7, 11) is 0. The van der Waals surface area contributed by atoms with Crippen molar-refractivity contribution in [2.45, 2.75) is 0 Å². The summed E-state index contributed by atoms with van der Waals surface area (Å²) in [5.74, 6) is -1.73. The van der Waals surface area contributed by atoms with Gasteiger partial charge in [0.25, 0.3) is 17.5 Å². The summed E-state index contributed by atoms with van der Waals surface area (Å²) in [6, 6.07) is 8.72. The Morgan fingerprint density at radius 2 is 1.65 bits per heavy atom. The lowest BCUT2D eigenvalue weighted by atomic mass is 10.2. The summed E-state index contributed by atoms with van der Waals surface area (Å²) in [5, 5.41) is 20.3. The molecule has 0 unspecified atom stereocenters. The van der Waals surface area contributed by atoms with Gasteiger partial charge in [-0.1, -0.05) is 11.6 Å². The minimum absolute atomic E-state index is 0.110. The number of nitro groups is 1. The number of halogens is 1. The number of carbonyl (C=O) groups excluding carboxylic acids is 2. The molecule has 23 heavy (non-hydrogen) atoms. The van der Waals surface area contributed by atoms with Gasteiger partial charge >= 0.3 is 0 Å². The Hall–Kier alpha value is -3.13. The molecule has 0 saturated heterocycles. The zero-order valence-corrected chi connectivity index (χ0v) is 12.2. The number of phenolic OH excluding ortho intramolecular Hbond substituents is 1. The number of nitrogens with one attached hydrogen (secondary N) is 2. The fourth-order valence-electron chi connectivity index (χ4n) is 1.68. The molecule has 0 spiro atoms. The first kappa shape index (κ1) is 16.2. The Bertz CT molecular complexity index is 776. The number of aromatic hydroxyl groups is 1. The van der Waals surface area contributed by atoms with E-state index >= 15 is 0 Å². The summed E-state index contributed by atoms with van der Waals surface area (Å²) in [6.45, 7) is 0. The summed E-state index contributed by atoms with van der Waals surface area (Å²) < 4.78 is 0. The smallest absolute Gasteiger partial charge is 0.273 e. The van der Waals surface area contributed by atoms with E-state index in [-0.39, 0.29) is 27.6 Å². The standard InChI is InChI=1S/C14H10ClN3O5/c15-9-3-6-12(19)11(7-9)14(21)17-16-13(20)8-1-4-10(5-2-8)18(22)23/h1-7,19H,(H,16,20)(H,17,21). The fourth-order valence-corrected chi connectivity index (χ4v) is 1.85. The first-order chi connectivity index (χ1) is 10.9. The van der Waals surface area contributed by atoms with Crippen LogP contribution in [-0.4, -0.2) is 21.8 Å². The molecule has 0 fully saturated rings. The van der Waals surface area contributed by atoms with Gasteiger partial charge in [-0.3, -0.25) is 30.6 Å². The van der Waals surface area contributed by atoms with E-state index in [4.69, 9.17) is 11.6 Å². The van der Waals surface area contributed by atoms with Crippen LogP contribution in [0.3, 0.4) is 0 Å². The van der Waals surface area contributed by atoms with Gasteiger partial charge in [0.15, 0.2) is 0 Å². The van der Waals surface area contributed by atoms with Crippen LogP contribution < -0.4 is 10.9 Å². The summed E-state index contributed by atoms with van der Waals surface area (Å²) in [5.41, 5.74) is 4.09. The molecule has 3 N–H and O–H groups in total. The van der Waals surface area contributed by atoms with E-state index in [9.17, 15) is 24.8 Å². The van der Waals surface area contributed by atoms with Crippen LogP contribution in [0.4, 0.5) is 5.69 Å². The molecular weight excluding hydrogens is 326 g/mol. The van der Waals surface area contributed by atoms with Gasteiger partial charge in [0.2, 0.25) is 0 Å². The fraction of sp³-hybridized carbons (Fsp3) is 0. The second-order valence-electron chi connectivity index (χ2n) is 4.37. The van der Waals surface area contributed by atoms with Crippen LogP contribution >= 0.6 is 11.6 Å². The van der Waals surface area contributed by atoms with Crippen LogP contribution in [0, 0.1) is 10.1 Å². The second-order valence-corrected chi connectivity index (χ2v) is 4.81. The van der Waals surface area contributed by atoms with Crippen molar-refractivity contribution in [3.05, 3.63) is 68.7 Å². The largest absolute Gasteiger partial charge is 0.507 e. The predicted octanol–water partition coefficient (Wildman–Crippen LogP) is 2.03. The lowest BCUT2D eigenvalue weighted by molar-refractivity contribution is -0.384. The van der Waals surface area contributed by atoms with Gasteiger partial charge in [-0.25, -0.2) is 0 Å². The van der Waals surface area contributed by atoms with Crippen molar-refractivity contribution in [1.82, 2.24) is 10.9 Å². The van der Waals surface area contributed by atoms with Crippen LogP contribution in [0.1, 0.15) is 20.7 Å². The minimum atomic E-state index is -0.764. The quantitative estimate of drug-likeness (QED) is 0.585. The van der Waals surface area contributed by atoms with Crippen molar-refractivity contribution >= 4 is 29.1 Å². The lowest BCUT2D eigenvalue weighted by Crippen LogP contribution is -2.41. The third-order valence-corrected chi connectivity index (χ3v) is 3.07. The second kappa shape index (κ2) is 6.75. The normalized spacial score (nSPS) is 9.96. The zero-order chi connectivity index (χ0) is 17.0. The number of nitrogens with zero attached hydrogens (tertiary/aromatic N) is 1. The molecule has 0 aliphatic rings. The SMILES string of the molecule is O=C(NNC(=O)c1cc(Cl)ccc1O)c1ccc([N+](=O)[O-])cc1. The molecule has 0 aliphatic heterocycles. The summed E-state index contributed by atoms with van der Waals surface area (Å²) in [6.07, 6.45) is 0. The first-order valence-corrected chi connectivity index (χ1v) is 6.60. The number of amides is 2. The molecular formula is C14H10ClN3O5. The number of carbonyl (C=O) groups is 2. The number of non-ortho nitro benzene ring substituents is 1. The van der Waals surface area contributed by atoms with Gasteiger partial charge in [-0.15, -0.1) is 0 Å². The highest BCUT2D eigenvalue weighted by Crippen LogP contribution is 2.21. The topological polar surface area (TPSA) is 122 Å². The Labute approximate surface area is 134 Å². The third kappa shape index (κ3) is 3.95. The maximum Gasteiger partial charge on any atom is 0.273 e. The average Bonchev–Trinajstić information content (AvgIpc) is 2.54. The molecule has 0 heterocycles. The minimum Gasteiger partial charge on any atom is -0.507 e. The Morgan fingerprint density at radius 3 is 2.26 bits per heavy atom. The highest BCUT2D eigenvalue weighted by atomic mass is 35.5. The molecule has 0 saturated carbocycles. The van der Waals surface area contributed by atoms with Crippen molar-refractivity contribution in [3.63, 3.8) is 0 Å². The van der Waals surface area contributed by atoms with E-state index in [2.05, 4.69) is 10.9 Å². The number of hydrogen-bond acceptors (Lipinski definition) is 5. The molecule has 8 nitrogen and oxygen atoms in total. The average molecular weight is 336 g/mol. The molecule has 0 radical (unpaired) electrons. The molecule has 0 aromatic heterocycles. The van der Waals surface area contributed by atoms with Crippen molar-refractivity contribution in [2.75, 3.05) is 0 Å². The van der Waals surface area contributed by atoms with E-state index in [0.717, 1.165) is 0 Å². The molecule has 118 valence electrons.